The summed E-state index contributed by atoms with van der Waals surface area (Å²) in [6.07, 6.45) is 0.936. The van der Waals surface area contributed by atoms with Gasteiger partial charge in [0.2, 0.25) is 11.8 Å². The lowest BCUT2D eigenvalue weighted by molar-refractivity contribution is -0.117. The number of hydrogen-bond donors (Lipinski definition) is 3. The molecule has 0 aromatic heterocycles. The molecule has 0 aliphatic carbocycles. The third-order valence-corrected chi connectivity index (χ3v) is 2.65. The molecule has 3 N–H and O–H groups in total. The molecule has 0 spiro atoms. The van der Waals surface area contributed by atoms with E-state index < -0.39 is 0 Å². The second-order valence-corrected chi connectivity index (χ2v) is 5.13. The van der Waals surface area contributed by atoms with Gasteiger partial charge in [-0.25, -0.2) is 0 Å². The zero-order valence-corrected chi connectivity index (χ0v) is 13.5. The van der Waals surface area contributed by atoms with Crippen molar-refractivity contribution in [3.63, 3.8) is 0 Å². The van der Waals surface area contributed by atoms with Crippen molar-refractivity contribution in [2.75, 3.05) is 24.2 Å². The van der Waals surface area contributed by atoms with Crippen LogP contribution in [0.25, 0.3) is 0 Å². The first-order valence-corrected chi connectivity index (χ1v) is 6.85. The third kappa shape index (κ3) is 8.32. The second-order valence-electron chi connectivity index (χ2n) is 5.13. The molecule has 0 saturated carbocycles. The van der Waals surface area contributed by atoms with Crippen LogP contribution in [-0.4, -0.2) is 25.4 Å². The summed E-state index contributed by atoms with van der Waals surface area (Å²) < 4.78 is 0. The molecule has 0 atom stereocenters. The van der Waals surface area contributed by atoms with E-state index in [1.54, 1.807) is 24.3 Å². The topological polar surface area (TPSA) is 70.2 Å². The predicted molar refractivity (Wildman–Crippen MR) is 88.9 cm³/mol. The van der Waals surface area contributed by atoms with Crippen molar-refractivity contribution in [1.82, 2.24) is 5.32 Å². The molecular formula is C15H24ClN3O2. The van der Waals surface area contributed by atoms with Gasteiger partial charge in [-0.1, -0.05) is 13.8 Å². The largest absolute Gasteiger partial charge is 0.326 e. The van der Waals surface area contributed by atoms with Crippen LogP contribution in [-0.2, 0) is 9.59 Å². The second kappa shape index (κ2) is 10.2. The van der Waals surface area contributed by atoms with Crippen LogP contribution in [0.2, 0.25) is 0 Å². The molecule has 6 heteroatoms. The summed E-state index contributed by atoms with van der Waals surface area (Å²) in [5.74, 6) is 0.308. The predicted octanol–water partition coefficient (Wildman–Crippen LogP) is 2.64. The van der Waals surface area contributed by atoms with Gasteiger partial charge in [0.05, 0.1) is 0 Å². The van der Waals surface area contributed by atoms with Gasteiger partial charge >= 0.3 is 0 Å². The van der Waals surface area contributed by atoms with E-state index in [0.29, 0.717) is 25.3 Å². The number of carbonyl (C=O) groups excluding carboxylic acids is 2. The van der Waals surface area contributed by atoms with Gasteiger partial charge < -0.3 is 16.0 Å². The van der Waals surface area contributed by atoms with Gasteiger partial charge in [0.15, 0.2) is 0 Å². The van der Waals surface area contributed by atoms with Crippen molar-refractivity contribution in [3.8, 4) is 0 Å². The van der Waals surface area contributed by atoms with Crippen molar-refractivity contribution >= 4 is 35.6 Å². The summed E-state index contributed by atoms with van der Waals surface area (Å²) in [6.45, 7) is 4.65. The summed E-state index contributed by atoms with van der Waals surface area (Å²) in [4.78, 5) is 23.2. The fourth-order valence-corrected chi connectivity index (χ4v) is 1.68. The van der Waals surface area contributed by atoms with Crippen molar-refractivity contribution in [2.24, 2.45) is 5.92 Å². The lowest BCUT2D eigenvalue weighted by atomic mass is 10.1. The Bertz CT molecular complexity index is 447. The van der Waals surface area contributed by atoms with Crippen LogP contribution in [0.4, 0.5) is 11.4 Å². The maximum Gasteiger partial charge on any atom is 0.225 e. The van der Waals surface area contributed by atoms with E-state index in [9.17, 15) is 9.59 Å². The molecule has 0 heterocycles. The van der Waals surface area contributed by atoms with Crippen LogP contribution >= 0.6 is 12.4 Å². The van der Waals surface area contributed by atoms with Gasteiger partial charge in [0.1, 0.15) is 0 Å². The molecule has 2 amide bonds. The van der Waals surface area contributed by atoms with Crippen molar-refractivity contribution in [1.29, 1.82) is 0 Å². The van der Waals surface area contributed by atoms with E-state index >= 15 is 0 Å². The highest BCUT2D eigenvalue weighted by Crippen LogP contribution is 2.14. The average Bonchev–Trinajstić information content (AvgIpc) is 2.37. The Morgan fingerprint density at radius 2 is 1.48 bits per heavy atom. The van der Waals surface area contributed by atoms with Gasteiger partial charge in [-0.05, 0) is 37.2 Å². The van der Waals surface area contributed by atoms with Crippen LogP contribution in [0.15, 0.2) is 24.3 Å². The van der Waals surface area contributed by atoms with Gasteiger partial charge in [0.25, 0.3) is 0 Å². The third-order valence-electron chi connectivity index (χ3n) is 2.65. The van der Waals surface area contributed by atoms with Gasteiger partial charge in [-0.3, -0.25) is 9.59 Å². The number of amides is 2. The Morgan fingerprint density at radius 3 is 1.90 bits per heavy atom. The van der Waals surface area contributed by atoms with E-state index in [4.69, 9.17) is 0 Å². The lowest BCUT2D eigenvalue weighted by Crippen LogP contribution is -2.18. The molecule has 0 saturated heterocycles. The molecule has 0 aliphatic heterocycles. The minimum absolute atomic E-state index is 0. The zero-order valence-electron chi connectivity index (χ0n) is 12.7. The smallest absolute Gasteiger partial charge is 0.225 e. The monoisotopic (exact) mass is 313 g/mol. The van der Waals surface area contributed by atoms with Crippen LogP contribution in [0.1, 0.15) is 26.7 Å². The molecule has 0 radical (unpaired) electrons. The van der Waals surface area contributed by atoms with Gasteiger partial charge in [0, 0.05) is 30.8 Å². The van der Waals surface area contributed by atoms with Crippen molar-refractivity contribution in [2.45, 2.75) is 26.7 Å². The van der Waals surface area contributed by atoms with Crippen LogP contribution in [0.5, 0.6) is 0 Å². The first-order chi connectivity index (χ1) is 9.51. The number of carbonyl (C=O) groups is 2. The highest BCUT2D eigenvalue weighted by Gasteiger charge is 2.06. The SMILES string of the molecule is CNCCC(=O)Nc1ccc(NC(=O)CC(C)C)cc1.Cl. The first-order valence-electron chi connectivity index (χ1n) is 6.85. The lowest BCUT2D eigenvalue weighted by Gasteiger charge is -2.09. The summed E-state index contributed by atoms with van der Waals surface area (Å²) in [5, 5.41) is 8.55. The standard InChI is InChI=1S/C15H23N3O2.ClH/c1-11(2)10-15(20)18-13-6-4-12(5-7-13)17-14(19)8-9-16-3;/h4-7,11,16H,8-10H2,1-3H3,(H,17,19)(H,18,20);1H. The maximum absolute atomic E-state index is 11.6. The number of benzene rings is 1. The summed E-state index contributed by atoms with van der Waals surface area (Å²) in [6, 6.07) is 7.13. The molecule has 0 aliphatic rings. The molecule has 5 nitrogen and oxygen atoms in total. The van der Waals surface area contributed by atoms with Crippen LogP contribution < -0.4 is 16.0 Å². The van der Waals surface area contributed by atoms with Crippen molar-refractivity contribution in [3.05, 3.63) is 24.3 Å². The molecular weight excluding hydrogens is 290 g/mol. The molecule has 0 bridgehead atoms. The highest BCUT2D eigenvalue weighted by molar-refractivity contribution is 5.93. The van der Waals surface area contributed by atoms with E-state index in [0.717, 1.165) is 11.4 Å². The Morgan fingerprint density at radius 1 is 1.00 bits per heavy atom. The van der Waals surface area contributed by atoms with Gasteiger partial charge in [-0.15, -0.1) is 12.4 Å². The number of anilines is 2. The average molecular weight is 314 g/mol. The van der Waals surface area contributed by atoms with E-state index in [1.807, 2.05) is 20.9 Å². The fourth-order valence-electron chi connectivity index (χ4n) is 1.68. The van der Waals surface area contributed by atoms with E-state index in [2.05, 4.69) is 16.0 Å². The summed E-state index contributed by atoms with van der Waals surface area (Å²) >= 11 is 0. The Labute approximate surface area is 132 Å². The van der Waals surface area contributed by atoms with E-state index in [-0.39, 0.29) is 24.2 Å². The number of nitrogens with one attached hydrogen (secondary N) is 3. The Balaban J connectivity index is 0.00000400. The molecule has 0 fully saturated rings. The van der Waals surface area contributed by atoms with Crippen LogP contribution in [0.3, 0.4) is 0 Å². The first kappa shape index (κ1) is 19.4. The number of hydrogen-bond acceptors (Lipinski definition) is 3. The fraction of sp³-hybridized carbons (Fsp3) is 0.467. The summed E-state index contributed by atoms with van der Waals surface area (Å²) in [5.41, 5.74) is 1.47. The summed E-state index contributed by atoms with van der Waals surface area (Å²) in [7, 11) is 1.81. The maximum atomic E-state index is 11.6. The Hall–Kier alpha value is -1.59. The van der Waals surface area contributed by atoms with Gasteiger partial charge in [-0.2, -0.15) is 0 Å². The molecule has 1 aromatic rings. The minimum atomic E-state index is -0.0315. The van der Waals surface area contributed by atoms with Crippen molar-refractivity contribution < 1.29 is 9.59 Å². The van der Waals surface area contributed by atoms with Crippen LogP contribution in [0, 0.1) is 5.92 Å². The van der Waals surface area contributed by atoms with E-state index in [1.165, 1.54) is 0 Å². The quantitative estimate of drug-likeness (QED) is 0.724. The zero-order chi connectivity index (χ0) is 15.0. The molecule has 21 heavy (non-hydrogen) atoms. The molecule has 1 aromatic carbocycles. The number of halogens is 1. The number of rotatable bonds is 7. The normalized spacial score (nSPS) is 9.90. The highest BCUT2D eigenvalue weighted by atomic mass is 35.5. The molecule has 118 valence electrons. The Kier molecular flexibility index (Phi) is 9.41. The molecule has 0 unspecified atom stereocenters. The minimum Gasteiger partial charge on any atom is -0.326 e. The molecule has 1 rings (SSSR count).